The van der Waals surface area contributed by atoms with E-state index in [4.69, 9.17) is 4.74 Å². The average Bonchev–Trinajstić information content (AvgIpc) is 2.67. The summed E-state index contributed by atoms with van der Waals surface area (Å²) in [6.07, 6.45) is 3.62. The van der Waals surface area contributed by atoms with Crippen LogP contribution in [0.5, 0.6) is 0 Å². The molecule has 2 N–H and O–H groups in total. The van der Waals surface area contributed by atoms with Crippen LogP contribution in [0.3, 0.4) is 0 Å². The summed E-state index contributed by atoms with van der Waals surface area (Å²) in [5.74, 6) is -0.335. The first-order valence-electron chi connectivity index (χ1n) is 9.37. The summed E-state index contributed by atoms with van der Waals surface area (Å²) in [6, 6.07) is 12.6. The lowest BCUT2D eigenvalue weighted by molar-refractivity contribution is -0.116. The molecule has 2 aliphatic rings. The molecule has 5 heteroatoms. The maximum Gasteiger partial charge on any atom is 0.251 e. The second kappa shape index (κ2) is 7.53. The fraction of sp³-hybridized carbons (Fsp3) is 0.318. The third-order valence-corrected chi connectivity index (χ3v) is 5.07. The van der Waals surface area contributed by atoms with Crippen LogP contribution in [-0.4, -0.2) is 31.2 Å². The fourth-order valence-electron chi connectivity index (χ4n) is 3.67. The lowest BCUT2D eigenvalue weighted by atomic mass is 9.92. The summed E-state index contributed by atoms with van der Waals surface area (Å²) in [7, 11) is 0. The molecule has 2 heterocycles. The van der Waals surface area contributed by atoms with Crippen molar-refractivity contribution in [1.29, 1.82) is 0 Å². The summed E-state index contributed by atoms with van der Waals surface area (Å²) >= 11 is 0. The number of carbonyl (C=O) groups is 1. The van der Waals surface area contributed by atoms with E-state index in [1.54, 1.807) is 6.07 Å². The Morgan fingerprint density at radius 1 is 1.15 bits per heavy atom. The van der Waals surface area contributed by atoms with Crippen LogP contribution < -0.4 is 10.6 Å². The predicted octanol–water partition coefficient (Wildman–Crippen LogP) is 3.99. The van der Waals surface area contributed by atoms with E-state index in [0.717, 1.165) is 35.2 Å². The van der Waals surface area contributed by atoms with Gasteiger partial charge >= 0.3 is 0 Å². The Labute approximate surface area is 158 Å². The molecule has 1 unspecified atom stereocenters. The van der Waals surface area contributed by atoms with E-state index < -0.39 is 0 Å². The predicted molar refractivity (Wildman–Crippen MR) is 105 cm³/mol. The summed E-state index contributed by atoms with van der Waals surface area (Å²) < 4.78 is 19.0. The molecule has 0 aromatic heterocycles. The van der Waals surface area contributed by atoms with Crippen LogP contribution in [0, 0.1) is 5.82 Å². The first-order chi connectivity index (χ1) is 13.1. The van der Waals surface area contributed by atoms with Gasteiger partial charge in [0.15, 0.2) is 0 Å². The highest BCUT2D eigenvalue weighted by atomic mass is 19.1. The van der Waals surface area contributed by atoms with Gasteiger partial charge in [-0.25, -0.2) is 4.39 Å². The molecule has 1 saturated heterocycles. The molecule has 0 bridgehead atoms. The lowest BCUT2D eigenvalue weighted by Crippen LogP contribution is -2.40. The molecule has 0 spiro atoms. The van der Waals surface area contributed by atoms with Crippen molar-refractivity contribution in [3.8, 4) is 11.1 Å². The molecule has 140 valence electrons. The number of amides is 1. The molecule has 2 aromatic rings. The van der Waals surface area contributed by atoms with E-state index in [0.29, 0.717) is 18.8 Å². The molecule has 1 amide bonds. The van der Waals surface area contributed by atoms with Gasteiger partial charge < -0.3 is 15.4 Å². The SMILES string of the molecule is CC1C=C(C(=O)NC2CCOCC2)c2cc(-c3cccc(F)c3)ccc2N1. The van der Waals surface area contributed by atoms with Gasteiger partial charge in [0.25, 0.3) is 5.91 Å². The van der Waals surface area contributed by atoms with Gasteiger partial charge in [-0.15, -0.1) is 0 Å². The number of fused-ring (bicyclic) bond motifs is 1. The second-order valence-electron chi connectivity index (χ2n) is 7.14. The zero-order valence-corrected chi connectivity index (χ0v) is 15.3. The summed E-state index contributed by atoms with van der Waals surface area (Å²) in [5, 5.41) is 6.53. The Morgan fingerprint density at radius 3 is 2.70 bits per heavy atom. The molecule has 1 fully saturated rings. The van der Waals surface area contributed by atoms with Crippen molar-refractivity contribution in [2.24, 2.45) is 0 Å². The largest absolute Gasteiger partial charge is 0.381 e. The van der Waals surface area contributed by atoms with Crippen molar-refractivity contribution in [3.63, 3.8) is 0 Å². The number of nitrogens with one attached hydrogen (secondary N) is 2. The third-order valence-electron chi connectivity index (χ3n) is 5.07. The van der Waals surface area contributed by atoms with Crippen LogP contribution in [-0.2, 0) is 9.53 Å². The molecular formula is C22H23FN2O2. The minimum atomic E-state index is -0.273. The van der Waals surface area contributed by atoms with E-state index in [9.17, 15) is 9.18 Å². The number of rotatable bonds is 3. The summed E-state index contributed by atoms with van der Waals surface area (Å²) in [4.78, 5) is 13.0. The third kappa shape index (κ3) is 3.88. The van der Waals surface area contributed by atoms with Crippen molar-refractivity contribution in [2.75, 3.05) is 18.5 Å². The molecule has 4 rings (SSSR count). The molecular weight excluding hydrogens is 343 g/mol. The van der Waals surface area contributed by atoms with Gasteiger partial charge in [0.1, 0.15) is 5.82 Å². The number of halogens is 1. The normalized spacial score (nSPS) is 19.6. The minimum absolute atomic E-state index is 0.0621. The van der Waals surface area contributed by atoms with Crippen LogP contribution in [0.2, 0.25) is 0 Å². The number of ether oxygens (including phenoxy) is 1. The van der Waals surface area contributed by atoms with Gasteiger partial charge in [0.05, 0.1) is 0 Å². The maximum absolute atomic E-state index is 13.6. The van der Waals surface area contributed by atoms with Crippen molar-refractivity contribution < 1.29 is 13.9 Å². The van der Waals surface area contributed by atoms with Crippen LogP contribution in [0.4, 0.5) is 10.1 Å². The molecule has 0 saturated carbocycles. The second-order valence-corrected chi connectivity index (χ2v) is 7.14. The van der Waals surface area contributed by atoms with E-state index in [1.165, 1.54) is 12.1 Å². The van der Waals surface area contributed by atoms with Crippen molar-refractivity contribution >= 4 is 17.2 Å². The highest BCUT2D eigenvalue weighted by Gasteiger charge is 2.24. The van der Waals surface area contributed by atoms with E-state index in [1.807, 2.05) is 37.3 Å². The smallest absolute Gasteiger partial charge is 0.251 e. The van der Waals surface area contributed by atoms with Crippen LogP contribution in [0.25, 0.3) is 16.7 Å². The Balaban J connectivity index is 1.65. The Hall–Kier alpha value is -2.66. The minimum Gasteiger partial charge on any atom is -0.381 e. The van der Waals surface area contributed by atoms with Crippen LogP contribution >= 0.6 is 0 Å². The average molecular weight is 366 g/mol. The molecule has 27 heavy (non-hydrogen) atoms. The number of carbonyl (C=O) groups excluding carboxylic acids is 1. The zero-order valence-electron chi connectivity index (χ0n) is 15.3. The first-order valence-corrected chi connectivity index (χ1v) is 9.37. The molecule has 2 aromatic carbocycles. The quantitative estimate of drug-likeness (QED) is 0.864. The highest BCUT2D eigenvalue weighted by Crippen LogP contribution is 2.34. The Kier molecular flexibility index (Phi) is 4.94. The van der Waals surface area contributed by atoms with E-state index >= 15 is 0 Å². The zero-order chi connectivity index (χ0) is 18.8. The number of anilines is 1. The standard InChI is InChI=1S/C22H23FN2O2/c1-14-11-20(22(26)25-18-7-9-27-10-8-18)19-13-16(5-6-21(19)24-14)15-3-2-4-17(23)12-15/h2-6,11-14,18,24H,7-10H2,1H3,(H,25,26). The van der Waals surface area contributed by atoms with Crippen molar-refractivity contribution in [2.45, 2.75) is 31.8 Å². The molecule has 0 radical (unpaired) electrons. The summed E-state index contributed by atoms with van der Waals surface area (Å²) in [5.41, 5.74) is 4.11. The number of hydrogen-bond acceptors (Lipinski definition) is 3. The Morgan fingerprint density at radius 2 is 1.93 bits per heavy atom. The monoisotopic (exact) mass is 366 g/mol. The first kappa shape index (κ1) is 17.7. The fourth-order valence-corrected chi connectivity index (χ4v) is 3.67. The van der Waals surface area contributed by atoms with Gasteiger partial charge in [0, 0.05) is 42.1 Å². The van der Waals surface area contributed by atoms with Gasteiger partial charge in [-0.3, -0.25) is 4.79 Å². The number of benzene rings is 2. The van der Waals surface area contributed by atoms with Crippen LogP contribution in [0.1, 0.15) is 25.3 Å². The van der Waals surface area contributed by atoms with Crippen LogP contribution in [0.15, 0.2) is 48.5 Å². The van der Waals surface area contributed by atoms with Gasteiger partial charge in [-0.2, -0.15) is 0 Å². The van der Waals surface area contributed by atoms with Gasteiger partial charge in [-0.1, -0.05) is 18.2 Å². The van der Waals surface area contributed by atoms with Crippen molar-refractivity contribution in [1.82, 2.24) is 5.32 Å². The van der Waals surface area contributed by atoms with Crippen molar-refractivity contribution in [3.05, 3.63) is 59.9 Å². The van der Waals surface area contributed by atoms with E-state index in [2.05, 4.69) is 10.6 Å². The maximum atomic E-state index is 13.6. The molecule has 2 aliphatic heterocycles. The molecule has 0 aliphatic carbocycles. The summed E-state index contributed by atoms with van der Waals surface area (Å²) in [6.45, 7) is 3.38. The van der Waals surface area contributed by atoms with Gasteiger partial charge in [-0.05, 0) is 61.2 Å². The Bertz CT molecular complexity index is 888. The number of hydrogen-bond donors (Lipinski definition) is 2. The highest BCUT2D eigenvalue weighted by molar-refractivity contribution is 6.22. The lowest BCUT2D eigenvalue weighted by Gasteiger charge is -2.27. The molecule has 4 nitrogen and oxygen atoms in total. The van der Waals surface area contributed by atoms with E-state index in [-0.39, 0.29) is 23.8 Å². The van der Waals surface area contributed by atoms with Gasteiger partial charge in [0.2, 0.25) is 0 Å². The topological polar surface area (TPSA) is 50.4 Å². The molecule has 1 atom stereocenters.